The van der Waals surface area contributed by atoms with Crippen molar-refractivity contribution in [3.63, 3.8) is 0 Å². The van der Waals surface area contributed by atoms with Gasteiger partial charge >= 0.3 is 0 Å². The third kappa shape index (κ3) is 2.16. The molecule has 19 heavy (non-hydrogen) atoms. The Labute approximate surface area is 112 Å². The fraction of sp³-hybridized carbons (Fsp3) is 0.467. The van der Waals surface area contributed by atoms with Crippen molar-refractivity contribution in [3.05, 3.63) is 41.2 Å². The van der Waals surface area contributed by atoms with Crippen molar-refractivity contribution in [2.45, 2.75) is 44.7 Å². The Morgan fingerprint density at radius 1 is 1.21 bits per heavy atom. The molecule has 0 radical (unpaired) electrons. The molecule has 1 heterocycles. The van der Waals surface area contributed by atoms with Crippen LogP contribution in [0.25, 0.3) is 5.69 Å². The van der Waals surface area contributed by atoms with Gasteiger partial charge in [-0.25, -0.2) is 4.68 Å². The molecule has 2 aliphatic rings. The molecular formula is C15H18N4. The van der Waals surface area contributed by atoms with E-state index in [1.54, 1.807) is 0 Å². The van der Waals surface area contributed by atoms with Crippen molar-refractivity contribution in [2.24, 2.45) is 0 Å². The average Bonchev–Trinajstić information content (AvgIpc) is 2.97. The number of hydrogen-bond acceptors (Lipinski definition) is 3. The molecule has 0 unspecified atom stereocenters. The highest BCUT2D eigenvalue weighted by atomic mass is 15.4. The van der Waals surface area contributed by atoms with Crippen LogP contribution in [-0.2, 0) is 19.4 Å². The molecule has 0 atom stereocenters. The first-order chi connectivity index (χ1) is 9.40. The number of nitrogens with one attached hydrogen (secondary N) is 1. The van der Waals surface area contributed by atoms with Gasteiger partial charge in [-0.15, -0.1) is 5.10 Å². The molecule has 1 N–H and O–H groups in total. The van der Waals surface area contributed by atoms with Gasteiger partial charge in [0.1, 0.15) is 0 Å². The summed E-state index contributed by atoms with van der Waals surface area (Å²) >= 11 is 0. The molecule has 2 aliphatic carbocycles. The summed E-state index contributed by atoms with van der Waals surface area (Å²) in [6.07, 6.45) is 8.19. The van der Waals surface area contributed by atoms with Crippen LogP contribution < -0.4 is 5.32 Å². The van der Waals surface area contributed by atoms with Gasteiger partial charge in [0.05, 0.1) is 17.6 Å². The first kappa shape index (κ1) is 11.2. The molecule has 4 nitrogen and oxygen atoms in total. The Balaban J connectivity index is 1.62. The highest BCUT2D eigenvalue weighted by Crippen LogP contribution is 2.25. The average molecular weight is 254 g/mol. The van der Waals surface area contributed by atoms with Crippen LogP contribution in [0.15, 0.2) is 24.4 Å². The molecule has 1 aromatic carbocycles. The van der Waals surface area contributed by atoms with Crippen LogP contribution in [-0.4, -0.2) is 21.0 Å². The standard InChI is InChI=1S/C15H18N4/c1-2-11-4-7-14(8-12(11)3-1)19-15(10-17-18-19)9-16-13-5-6-13/h4,7-8,10,13,16H,1-3,5-6,9H2. The first-order valence-electron chi connectivity index (χ1n) is 7.15. The molecule has 4 rings (SSSR count). The van der Waals surface area contributed by atoms with E-state index in [4.69, 9.17) is 0 Å². The lowest BCUT2D eigenvalue weighted by Gasteiger charge is -2.08. The molecule has 1 aromatic heterocycles. The maximum absolute atomic E-state index is 4.24. The van der Waals surface area contributed by atoms with E-state index in [0.29, 0.717) is 6.04 Å². The molecule has 0 spiro atoms. The number of aryl methyl sites for hydroxylation is 2. The smallest absolute Gasteiger partial charge is 0.0783 e. The summed E-state index contributed by atoms with van der Waals surface area (Å²) in [4.78, 5) is 0. The maximum Gasteiger partial charge on any atom is 0.0783 e. The minimum atomic E-state index is 0.711. The monoisotopic (exact) mass is 254 g/mol. The van der Waals surface area contributed by atoms with Gasteiger partial charge in [0, 0.05) is 12.6 Å². The first-order valence-corrected chi connectivity index (χ1v) is 7.15. The lowest BCUT2D eigenvalue weighted by Crippen LogP contribution is -2.18. The summed E-state index contributed by atoms with van der Waals surface area (Å²) in [6.45, 7) is 0.856. The number of fused-ring (bicyclic) bond motifs is 1. The van der Waals surface area contributed by atoms with Crippen LogP contribution in [0.2, 0.25) is 0 Å². The van der Waals surface area contributed by atoms with Crippen LogP contribution in [0.1, 0.15) is 36.1 Å². The van der Waals surface area contributed by atoms with E-state index in [1.807, 2.05) is 10.9 Å². The number of hydrogen-bond donors (Lipinski definition) is 1. The van der Waals surface area contributed by atoms with Crippen molar-refractivity contribution in [2.75, 3.05) is 0 Å². The van der Waals surface area contributed by atoms with E-state index in [-0.39, 0.29) is 0 Å². The molecule has 98 valence electrons. The normalized spacial score (nSPS) is 17.7. The van der Waals surface area contributed by atoms with Gasteiger partial charge in [0.15, 0.2) is 0 Å². The predicted molar refractivity (Wildman–Crippen MR) is 73.2 cm³/mol. The Hall–Kier alpha value is -1.68. The molecule has 0 saturated heterocycles. The molecule has 0 amide bonds. The highest BCUT2D eigenvalue weighted by Gasteiger charge is 2.21. The van der Waals surface area contributed by atoms with Crippen LogP contribution in [0, 0.1) is 0 Å². The summed E-state index contributed by atoms with van der Waals surface area (Å²) in [5, 5.41) is 11.8. The second-order valence-corrected chi connectivity index (χ2v) is 5.60. The van der Waals surface area contributed by atoms with E-state index in [0.717, 1.165) is 17.9 Å². The van der Waals surface area contributed by atoms with Crippen LogP contribution in [0.4, 0.5) is 0 Å². The van der Waals surface area contributed by atoms with Gasteiger partial charge in [-0.2, -0.15) is 0 Å². The molecule has 0 aliphatic heterocycles. The molecular weight excluding hydrogens is 236 g/mol. The van der Waals surface area contributed by atoms with E-state index >= 15 is 0 Å². The fourth-order valence-corrected chi connectivity index (χ4v) is 2.82. The third-order valence-electron chi connectivity index (χ3n) is 4.10. The lowest BCUT2D eigenvalue weighted by atomic mass is 10.1. The zero-order valence-electron chi connectivity index (χ0n) is 11.0. The van der Waals surface area contributed by atoms with Crippen molar-refractivity contribution < 1.29 is 0 Å². The van der Waals surface area contributed by atoms with Crippen LogP contribution in [0.3, 0.4) is 0 Å². The molecule has 4 heteroatoms. The minimum absolute atomic E-state index is 0.711. The van der Waals surface area contributed by atoms with Gasteiger partial charge in [-0.1, -0.05) is 11.3 Å². The summed E-state index contributed by atoms with van der Waals surface area (Å²) in [7, 11) is 0. The number of aromatic nitrogens is 3. The number of benzene rings is 1. The lowest BCUT2D eigenvalue weighted by molar-refractivity contribution is 0.646. The van der Waals surface area contributed by atoms with Crippen molar-refractivity contribution >= 4 is 0 Å². The van der Waals surface area contributed by atoms with Crippen molar-refractivity contribution in [1.82, 2.24) is 20.3 Å². The molecule has 1 saturated carbocycles. The largest absolute Gasteiger partial charge is 0.308 e. The van der Waals surface area contributed by atoms with Crippen LogP contribution in [0.5, 0.6) is 0 Å². The number of nitrogens with zero attached hydrogens (tertiary/aromatic N) is 3. The highest BCUT2D eigenvalue weighted by molar-refractivity contribution is 5.42. The quantitative estimate of drug-likeness (QED) is 0.907. The summed E-state index contributed by atoms with van der Waals surface area (Å²) < 4.78 is 1.97. The van der Waals surface area contributed by atoms with E-state index in [9.17, 15) is 0 Å². The molecule has 1 fully saturated rings. The second-order valence-electron chi connectivity index (χ2n) is 5.60. The minimum Gasteiger partial charge on any atom is -0.308 e. The summed E-state index contributed by atoms with van der Waals surface area (Å²) in [5.41, 5.74) is 5.27. The Kier molecular flexibility index (Phi) is 2.62. The van der Waals surface area contributed by atoms with E-state index in [2.05, 4.69) is 33.8 Å². The predicted octanol–water partition coefficient (Wildman–Crippen LogP) is 2.01. The SMILES string of the molecule is c1cc2c(cc1-n1nncc1CNC1CC1)CCC2. The van der Waals surface area contributed by atoms with Gasteiger partial charge in [0.25, 0.3) is 0 Å². The van der Waals surface area contributed by atoms with Crippen molar-refractivity contribution in [3.8, 4) is 5.69 Å². The van der Waals surface area contributed by atoms with E-state index in [1.165, 1.54) is 43.2 Å². The topological polar surface area (TPSA) is 42.7 Å². The van der Waals surface area contributed by atoms with Gasteiger partial charge < -0.3 is 5.32 Å². The van der Waals surface area contributed by atoms with E-state index < -0.39 is 0 Å². The van der Waals surface area contributed by atoms with Crippen LogP contribution >= 0.6 is 0 Å². The van der Waals surface area contributed by atoms with Gasteiger partial charge in [-0.05, 0) is 55.4 Å². The maximum atomic E-state index is 4.24. The second kappa shape index (κ2) is 4.46. The van der Waals surface area contributed by atoms with Gasteiger partial charge in [0.2, 0.25) is 0 Å². The number of rotatable bonds is 4. The molecule has 2 aromatic rings. The zero-order valence-corrected chi connectivity index (χ0v) is 11.0. The third-order valence-corrected chi connectivity index (χ3v) is 4.10. The Morgan fingerprint density at radius 3 is 3.00 bits per heavy atom. The summed E-state index contributed by atoms with van der Waals surface area (Å²) in [5.74, 6) is 0. The summed E-state index contributed by atoms with van der Waals surface area (Å²) in [6, 6.07) is 7.40. The zero-order chi connectivity index (χ0) is 12.7. The van der Waals surface area contributed by atoms with Crippen molar-refractivity contribution in [1.29, 1.82) is 0 Å². The Bertz CT molecular complexity index is 598. The van der Waals surface area contributed by atoms with Gasteiger partial charge in [-0.3, -0.25) is 0 Å². The Morgan fingerprint density at radius 2 is 2.11 bits per heavy atom. The molecule has 0 bridgehead atoms. The fourth-order valence-electron chi connectivity index (χ4n) is 2.82.